The van der Waals surface area contributed by atoms with E-state index in [1.807, 2.05) is 6.92 Å². The lowest BCUT2D eigenvalue weighted by Gasteiger charge is -2.33. The Bertz CT molecular complexity index is 303. The Morgan fingerprint density at radius 3 is 2.50 bits per heavy atom. The summed E-state index contributed by atoms with van der Waals surface area (Å²) in [4.78, 5) is 0. The number of hydrogen-bond donors (Lipinski definition) is 3. The molecule has 0 radical (unpaired) electrons. The van der Waals surface area contributed by atoms with Crippen LogP contribution in [0.5, 0.6) is 0 Å². The molecule has 1 unspecified atom stereocenters. The summed E-state index contributed by atoms with van der Waals surface area (Å²) in [5.41, 5.74) is 0. The van der Waals surface area contributed by atoms with E-state index in [4.69, 9.17) is 10.2 Å². The van der Waals surface area contributed by atoms with E-state index in [2.05, 4.69) is 4.72 Å². The van der Waals surface area contributed by atoms with E-state index < -0.39 is 29.5 Å². The van der Waals surface area contributed by atoms with Crippen LogP contribution >= 0.6 is 0 Å². The fourth-order valence-corrected chi connectivity index (χ4v) is 3.49. The Morgan fingerprint density at radius 2 is 2.00 bits per heavy atom. The second-order valence-electron chi connectivity index (χ2n) is 4.14. The summed E-state index contributed by atoms with van der Waals surface area (Å²) in [7, 11) is -3.59. The van der Waals surface area contributed by atoms with Crippen LogP contribution in [0.3, 0.4) is 0 Å². The summed E-state index contributed by atoms with van der Waals surface area (Å²) >= 11 is 0. The molecule has 1 fully saturated rings. The summed E-state index contributed by atoms with van der Waals surface area (Å²) in [5.74, 6) is 0. The first-order valence-corrected chi connectivity index (χ1v) is 6.96. The van der Waals surface area contributed by atoms with Crippen LogP contribution in [0.25, 0.3) is 0 Å². The Labute approximate surface area is 96.4 Å². The summed E-state index contributed by atoms with van der Waals surface area (Å²) < 4.78 is 27.5. The Morgan fingerprint density at radius 1 is 1.38 bits per heavy atom. The highest BCUT2D eigenvalue weighted by atomic mass is 32.2. The van der Waals surface area contributed by atoms with Crippen LogP contribution in [0.1, 0.15) is 26.2 Å². The normalized spacial score (nSPS) is 23.9. The molecule has 6 nitrogen and oxygen atoms in total. The van der Waals surface area contributed by atoms with E-state index in [0.29, 0.717) is 6.54 Å². The summed E-state index contributed by atoms with van der Waals surface area (Å²) in [6.07, 6.45) is 2.74. The molecule has 3 N–H and O–H groups in total. The van der Waals surface area contributed by atoms with E-state index in [1.165, 1.54) is 4.31 Å². The highest BCUT2D eigenvalue weighted by molar-refractivity contribution is 7.87. The predicted molar refractivity (Wildman–Crippen MR) is 60.0 cm³/mol. The van der Waals surface area contributed by atoms with Crippen LogP contribution in [0, 0.1) is 0 Å². The Balaban J connectivity index is 2.68. The quantitative estimate of drug-likeness (QED) is 0.588. The van der Waals surface area contributed by atoms with Gasteiger partial charge in [0.15, 0.2) is 0 Å². The molecule has 1 aliphatic heterocycles. The SMILES string of the molecule is CC1CCCCN1S(=O)(=O)NC(CO)CO. The second-order valence-corrected chi connectivity index (χ2v) is 5.80. The summed E-state index contributed by atoms with van der Waals surface area (Å²) in [6.45, 7) is 1.56. The first-order chi connectivity index (χ1) is 7.51. The van der Waals surface area contributed by atoms with Gasteiger partial charge in [-0.2, -0.15) is 17.4 Å². The van der Waals surface area contributed by atoms with Gasteiger partial charge in [0.2, 0.25) is 0 Å². The molecule has 0 spiro atoms. The molecule has 0 saturated carbocycles. The van der Waals surface area contributed by atoms with Crippen LogP contribution in [0.2, 0.25) is 0 Å². The lowest BCUT2D eigenvalue weighted by molar-refractivity contribution is 0.180. The van der Waals surface area contributed by atoms with Gasteiger partial charge < -0.3 is 10.2 Å². The molecule has 1 heterocycles. The summed E-state index contributed by atoms with van der Waals surface area (Å²) in [5, 5.41) is 17.7. The van der Waals surface area contributed by atoms with Crippen molar-refractivity contribution in [2.75, 3.05) is 19.8 Å². The number of hydrogen-bond acceptors (Lipinski definition) is 4. The van der Waals surface area contributed by atoms with E-state index in [0.717, 1.165) is 19.3 Å². The zero-order chi connectivity index (χ0) is 12.2. The second kappa shape index (κ2) is 5.92. The van der Waals surface area contributed by atoms with Crippen molar-refractivity contribution in [2.24, 2.45) is 0 Å². The molecule has 1 saturated heterocycles. The van der Waals surface area contributed by atoms with E-state index >= 15 is 0 Å². The number of piperidine rings is 1. The number of nitrogens with zero attached hydrogens (tertiary/aromatic N) is 1. The molecule has 7 heteroatoms. The molecule has 16 heavy (non-hydrogen) atoms. The molecule has 1 atom stereocenters. The lowest BCUT2D eigenvalue weighted by atomic mass is 10.1. The summed E-state index contributed by atoms with van der Waals surface area (Å²) in [6, 6.07) is -0.844. The standard InChI is InChI=1S/C9H20N2O4S/c1-8-4-2-3-5-11(8)16(14,15)10-9(6-12)7-13/h8-10,12-13H,2-7H2,1H3. The molecular formula is C9H20N2O4S. The molecule has 0 amide bonds. The van der Waals surface area contributed by atoms with Gasteiger partial charge in [0.25, 0.3) is 10.2 Å². The van der Waals surface area contributed by atoms with Gasteiger partial charge in [-0.15, -0.1) is 0 Å². The number of nitrogens with one attached hydrogen (secondary N) is 1. The highest BCUT2D eigenvalue weighted by Gasteiger charge is 2.30. The third-order valence-corrected chi connectivity index (χ3v) is 4.60. The van der Waals surface area contributed by atoms with Crippen molar-refractivity contribution in [3.63, 3.8) is 0 Å². The van der Waals surface area contributed by atoms with Gasteiger partial charge in [-0.3, -0.25) is 0 Å². The molecule has 96 valence electrons. The van der Waals surface area contributed by atoms with Crippen LogP contribution in [-0.4, -0.2) is 54.8 Å². The molecule has 0 aromatic rings. The number of rotatable bonds is 5. The van der Waals surface area contributed by atoms with Crippen molar-refractivity contribution in [1.82, 2.24) is 9.03 Å². The minimum atomic E-state index is -3.59. The monoisotopic (exact) mass is 252 g/mol. The molecule has 0 aliphatic carbocycles. The van der Waals surface area contributed by atoms with Crippen LogP contribution < -0.4 is 4.72 Å². The van der Waals surface area contributed by atoms with Gasteiger partial charge in [0.05, 0.1) is 19.3 Å². The smallest absolute Gasteiger partial charge is 0.280 e. The van der Waals surface area contributed by atoms with Gasteiger partial charge >= 0.3 is 0 Å². The van der Waals surface area contributed by atoms with E-state index in [9.17, 15) is 8.42 Å². The van der Waals surface area contributed by atoms with Crippen molar-refractivity contribution in [3.8, 4) is 0 Å². The topological polar surface area (TPSA) is 89.9 Å². The fourth-order valence-electron chi connectivity index (χ4n) is 1.84. The number of aliphatic hydroxyl groups is 2. The first kappa shape index (κ1) is 13.9. The number of aliphatic hydroxyl groups excluding tert-OH is 2. The van der Waals surface area contributed by atoms with Crippen LogP contribution in [0.15, 0.2) is 0 Å². The van der Waals surface area contributed by atoms with Gasteiger partial charge in [-0.25, -0.2) is 0 Å². The van der Waals surface area contributed by atoms with Crippen molar-refractivity contribution in [2.45, 2.75) is 38.3 Å². The third kappa shape index (κ3) is 3.39. The maximum absolute atomic E-state index is 11.9. The molecule has 1 rings (SSSR count). The maximum Gasteiger partial charge on any atom is 0.280 e. The molecular weight excluding hydrogens is 232 g/mol. The predicted octanol–water partition coefficient (Wildman–Crippen LogP) is -0.952. The van der Waals surface area contributed by atoms with E-state index in [1.54, 1.807) is 0 Å². The minimum absolute atomic E-state index is 0.0238. The van der Waals surface area contributed by atoms with Crippen LogP contribution in [-0.2, 0) is 10.2 Å². The first-order valence-electron chi connectivity index (χ1n) is 5.52. The minimum Gasteiger partial charge on any atom is -0.395 e. The average molecular weight is 252 g/mol. The fraction of sp³-hybridized carbons (Fsp3) is 1.00. The van der Waals surface area contributed by atoms with Crippen LogP contribution in [0.4, 0.5) is 0 Å². The molecule has 0 aromatic heterocycles. The van der Waals surface area contributed by atoms with Crippen molar-refractivity contribution >= 4 is 10.2 Å². The van der Waals surface area contributed by atoms with Crippen molar-refractivity contribution in [3.05, 3.63) is 0 Å². The zero-order valence-corrected chi connectivity index (χ0v) is 10.3. The van der Waals surface area contributed by atoms with Gasteiger partial charge in [0, 0.05) is 12.6 Å². The Hall–Kier alpha value is -0.210. The third-order valence-electron chi connectivity index (χ3n) is 2.81. The molecule has 1 aliphatic rings. The average Bonchev–Trinajstić information content (AvgIpc) is 2.26. The van der Waals surface area contributed by atoms with Gasteiger partial charge in [0.1, 0.15) is 0 Å². The highest BCUT2D eigenvalue weighted by Crippen LogP contribution is 2.19. The zero-order valence-electron chi connectivity index (χ0n) is 9.46. The maximum atomic E-state index is 11.9. The van der Waals surface area contributed by atoms with E-state index in [-0.39, 0.29) is 6.04 Å². The molecule has 0 aromatic carbocycles. The van der Waals surface area contributed by atoms with Crippen molar-refractivity contribution in [1.29, 1.82) is 0 Å². The van der Waals surface area contributed by atoms with Gasteiger partial charge in [-0.05, 0) is 19.8 Å². The van der Waals surface area contributed by atoms with Crippen molar-refractivity contribution < 1.29 is 18.6 Å². The largest absolute Gasteiger partial charge is 0.395 e. The molecule has 0 bridgehead atoms. The van der Waals surface area contributed by atoms with Gasteiger partial charge in [-0.1, -0.05) is 6.42 Å². The lowest BCUT2D eigenvalue weighted by Crippen LogP contribution is -2.52. The Kier molecular flexibility index (Phi) is 5.13.